The summed E-state index contributed by atoms with van der Waals surface area (Å²) in [6, 6.07) is 13.8. The Morgan fingerprint density at radius 2 is 1.34 bits per heavy atom. The molecule has 0 radical (unpaired) electrons. The molecule has 0 aliphatic carbocycles. The van der Waals surface area contributed by atoms with Gasteiger partial charge in [-0.25, -0.2) is 9.59 Å². The second kappa shape index (κ2) is 11.6. The molecule has 3 aromatic rings. The Balaban J connectivity index is 0.000000336. The first-order chi connectivity index (χ1) is 14.9. The van der Waals surface area contributed by atoms with Crippen molar-refractivity contribution in [3.63, 3.8) is 0 Å². The van der Waals surface area contributed by atoms with E-state index in [9.17, 15) is 14.4 Å². The van der Waals surface area contributed by atoms with Crippen LogP contribution in [0.4, 0.5) is 16.2 Å². The van der Waals surface area contributed by atoms with Crippen LogP contribution in [0, 0.1) is 0 Å². The molecule has 0 saturated carbocycles. The number of carboxylic acids is 1. The molecule has 0 saturated heterocycles. The van der Waals surface area contributed by atoms with Crippen LogP contribution < -0.4 is 10.6 Å². The van der Waals surface area contributed by atoms with Crippen LogP contribution in [0.2, 0.25) is 0 Å². The lowest BCUT2D eigenvalue weighted by atomic mass is 10.2. The number of benzene rings is 1. The molecule has 1 aromatic carbocycles. The molecular formula is C21H20Br2N2O5S2. The number of carbonyl (C=O) groups is 3. The maximum absolute atomic E-state index is 12.2. The number of hydrogen-bond donors (Lipinski definition) is 3. The zero-order valence-corrected chi connectivity index (χ0v) is 22.1. The second-order valence-corrected chi connectivity index (χ2v) is 12.1. The van der Waals surface area contributed by atoms with Gasteiger partial charge in [-0.2, -0.15) is 0 Å². The molecule has 0 aliphatic heterocycles. The predicted octanol–water partition coefficient (Wildman–Crippen LogP) is 7.32. The number of carboxylic acid groups (broad SMARTS) is 1. The van der Waals surface area contributed by atoms with Crippen molar-refractivity contribution in [1.29, 1.82) is 0 Å². The van der Waals surface area contributed by atoms with Crippen LogP contribution in [0.15, 0.2) is 56.1 Å². The van der Waals surface area contributed by atoms with E-state index in [1.165, 1.54) is 22.7 Å². The van der Waals surface area contributed by atoms with E-state index in [0.29, 0.717) is 21.1 Å². The molecule has 3 N–H and O–H groups in total. The van der Waals surface area contributed by atoms with E-state index in [0.717, 1.165) is 7.57 Å². The Kier molecular flexibility index (Phi) is 9.44. The van der Waals surface area contributed by atoms with Crippen molar-refractivity contribution in [3.05, 3.63) is 65.9 Å². The summed E-state index contributed by atoms with van der Waals surface area (Å²) in [7, 11) is 0. The monoisotopic (exact) mass is 602 g/mol. The average Bonchev–Trinajstić information content (AvgIpc) is 3.31. The van der Waals surface area contributed by atoms with Gasteiger partial charge in [0.05, 0.1) is 23.8 Å². The van der Waals surface area contributed by atoms with Crippen LogP contribution in [0.3, 0.4) is 0 Å². The summed E-state index contributed by atoms with van der Waals surface area (Å²) < 4.78 is 6.95. The van der Waals surface area contributed by atoms with E-state index < -0.39 is 17.7 Å². The predicted molar refractivity (Wildman–Crippen MR) is 135 cm³/mol. The van der Waals surface area contributed by atoms with Gasteiger partial charge < -0.3 is 15.2 Å². The zero-order valence-electron chi connectivity index (χ0n) is 17.3. The van der Waals surface area contributed by atoms with Crippen LogP contribution in [0.25, 0.3) is 0 Å². The molecular weight excluding hydrogens is 584 g/mol. The highest BCUT2D eigenvalue weighted by Gasteiger charge is 2.18. The highest BCUT2D eigenvalue weighted by Crippen LogP contribution is 2.26. The number of hydrogen-bond acceptors (Lipinski definition) is 6. The first-order valence-corrected chi connectivity index (χ1v) is 12.3. The highest BCUT2D eigenvalue weighted by atomic mass is 79.9. The van der Waals surface area contributed by atoms with E-state index in [4.69, 9.17) is 9.84 Å². The second-order valence-electron chi connectivity index (χ2n) is 7.14. The third kappa shape index (κ3) is 8.73. The van der Waals surface area contributed by atoms with Crippen molar-refractivity contribution in [2.75, 3.05) is 10.6 Å². The molecule has 0 unspecified atom stereocenters. The van der Waals surface area contributed by atoms with Crippen LogP contribution in [-0.4, -0.2) is 28.7 Å². The standard InChI is InChI=1S/C16H17BrN2O3S.C5H3BrO2S/c1-16(2,3)22-15(21)19-11-7-5-4-6-10(11)18-14(20)12-8-9-13(17)23-12;6-4-2-1-3(9-4)5(7)8/h4-9H,1-3H3,(H,18,20)(H,19,21);1-2H,(H,7,8). The molecule has 0 fully saturated rings. The normalized spacial score (nSPS) is 10.5. The Labute approximate surface area is 210 Å². The fourth-order valence-corrected chi connectivity index (χ4v) is 4.67. The van der Waals surface area contributed by atoms with Gasteiger partial charge >= 0.3 is 12.1 Å². The first kappa shape index (κ1) is 26.0. The van der Waals surface area contributed by atoms with Gasteiger partial charge in [-0.3, -0.25) is 10.1 Å². The van der Waals surface area contributed by atoms with E-state index in [1.807, 2.05) is 6.07 Å². The highest BCUT2D eigenvalue weighted by molar-refractivity contribution is 9.11. The van der Waals surface area contributed by atoms with Crippen LogP contribution >= 0.6 is 54.5 Å². The molecule has 0 aliphatic rings. The SMILES string of the molecule is CC(C)(C)OC(=O)Nc1ccccc1NC(=O)c1ccc(Br)s1.O=C(O)c1ccc(Br)s1. The molecule has 3 rings (SSSR count). The number of carbonyl (C=O) groups excluding carboxylic acids is 2. The number of nitrogens with one attached hydrogen (secondary N) is 2. The Bertz CT molecular complexity index is 1110. The van der Waals surface area contributed by atoms with Crippen molar-refractivity contribution in [2.45, 2.75) is 26.4 Å². The van der Waals surface area contributed by atoms with Crippen molar-refractivity contribution in [3.8, 4) is 0 Å². The first-order valence-electron chi connectivity index (χ1n) is 9.09. The number of amides is 2. The maximum atomic E-state index is 12.2. The summed E-state index contributed by atoms with van der Waals surface area (Å²) in [4.78, 5) is 35.3. The largest absolute Gasteiger partial charge is 0.477 e. The molecule has 170 valence electrons. The van der Waals surface area contributed by atoms with Crippen molar-refractivity contribution in [1.82, 2.24) is 0 Å². The van der Waals surface area contributed by atoms with Crippen molar-refractivity contribution in [2.24, 2.45) is 0 Å². The van der Waals surface area contributed by atoms with E-state index in [2.05, 4.69) is 42.5 Å². The van der Waals surface area contributed by atoms with Crippen molar-refractivity contribution >= 4 is 83.9 Å². The number of aromatic carboxylic acids is 1. The zero-order chi connectivity index (χ0) is 23.9. The summed E-state index contributed by atoms with van der Waals surface area (Å²) in [6.07, 6.45) is -0.571. The number of thiophene rings is 2. The van der Waals surface area contributed by atoms with Gasteiger partial charge in [-0.15, -0.1) is 22.7 Å². The van der Waals surface area contributed by atoms with Crippen molar-refractivity contribution < 1.29 is 24.2 Å². The van der Waals surface area contributed by atoms with Gasteiger partial charge in [0.2, 0.25) is 0 Å². The minimum absolute atomic E-state index is 0.237. The topological polar surface area (TPSA) is 105 Å². The van der Waals surface area contributed by atoms with Gasteiger partial charge in [0.15, 0.2) is 0 Å². The Hall–Kier alpha value is -2.21. The lowest BCUT2D eigenvalue weighted by molar-refractivity contribution is 0.0634. The van der Waals surface area contributed by atoms with E-state index in [-0.39, 0.29) is 5.91 Å². The maximum Gasteiger partial charge on any atom is 0.412 e. The molecule has 11 heteroatoms. The van der Waals surface area contributed by atoms with E-state index in [1.54, 1.807) is 63.2 Å². The number of halogens is 2. The molecule has 0 spiro atoms. The number of ether oxygens (including phenoxy) is 1. The number of anilines is 2. The van der Waals surface area contributed by atoms with Gasteiger partial charge in [0, 0.05) is 0 Å². The lowest BCUT2D eigenvalue weighted by Gasteiger charge is -2.20. The van der Waals surface area contributed by atoms with Gasteiger partial charge in [0.1, 0.15) is 10.5 Å². The fraction of sp³-hybridized carbons (Fsp3) is 0.190. The van der Waals surface area contributed by atoms with Crippen LogP contribution in [-0.2, 0) is 4.74 Å². The minimum Gasteiger partial charge on any atom is -0.477 e. The summed E-state index contributed by atoms with van der Waals surface area (Å²) in [5.41, 5.74) is 0.393. The molecule has 7 nitrogen and oxygen atoms in total. The van der Waals surface area contributed by atoms with Gasteiger partial charge in [0.25, 0.3) is 5.91 Å². The average molecular weight is 604 g/mol. The van der Waals surface area contributed by atoms with Gasteiger partial charge in [-0.1, -0.05) is 12.1 Å². The Morgan fingerprint density at radius 3 is 1.75 bits per heavy atom. The summed E-state index contributed by atoms with van der Waals surface area (Å²) in [5.74, 6) is -1.11. The number of rotatable bonds is 4. The van der Waals surface area contributed by atoms with Crippen LogP contribution in [0.5, 0.6) is 0 Å². The summed E-state index contributed by atoms with van der Waals surface area (Å²) in [6.45, 7) is 5.36. The summed E-state index contributed by atoms with van der Waals surface area (Å²) in [5, 5.41) is 13.8. The molecule has 2 heterocycles. The molecule has 2 aromatic heterocycles. The minimum atomic E-state index is -0.870. The Morgan fingerprint density at radius 1 is 0.844 bits per heavy atom. The molecule has 0 bridgehead atoms. The fourth-order valence-electron chi connectivity index (χ4n) is 2.16. The summed E-state index contributed by atoms with van der Waals surface area (Å²) >= 11 is 9.03. The molecule has 0 atom stereocenters. The molecule has 32 heavy (non-hydrogen) atoms. The van der Waals surface area contributed by atoms with E-state index >= 15 is 0 Å². The third-order valence-corrected chi connectivity index (χ3v) is 6.63. The van der Waals surface area contributed by atoms with Gasteiger partial charge in [-0.05, 0) is 89.0 Å². The molecule has 2 amide bonds. The quantitative estimate of drug-likeness (QED) is 0.290. The lowest BCUT2D eigenvalue weighted by Crippen LogP contribution is -2.27. The smallest absolute Gasteiger partial charge is 0.412 e. The number of para-hydroxylation sites is 2. The van der Waals surface area contributed by atoms with Crippen LogP contribution in [0.1, 0.15) is 40.1 Å². The third-order valence-electron chi connectivity index (χ3n) is 3.39.